The van der Waals surface area contributed by atoms with Crippen molar-refractivity contribution >= 4 is 34.4 Å². The molecule has 2 rings (SSSR count). The fourth-order valence-electron chi connectivity index (χ4n) is 1.95. The minimum absolute atomic E-state index is 0.00879. The second-order valence-electron chi connectivity index (χ2n) is 4.52. The lowest BCUT2D eigenvalue weighted by Gasteiger charge is -2.26. The summed E-state index contributed by atoms with van der Waals surface area (Å²) in [6.45, 7) is 3.68. The molecule has 0 N–H and O–H groups in total. The molecule has 0 aliphatic rings. The molecule has 0 bridgehead atoms. The summed E-state index contributed by atoms with van der Waals surface area (Å²) in [7, 11) is 2.03. The van der Waals surface area contributed by atoms with Gasteiger partial charge in [0, 0.05) is 23.2 Å². The van der Waals surface area contributed by atoms with Gasteiger partial charge in [0.25, 0.3) is 0 Å². The van der Waals surface area contributed by atoms with Gasteiger partial charge in [-0.2, -0.15) is 0 Å². The first kappa shape index (κ1) is 14.1. The topological polar surface area (TPSA) is 20.3 Å². The van der Waals surface area contributed by atoms with Gasteiger partial charge in [0.1, 0.15) is 0 Å². The van der Waals surface area contributed by atoms with E-state index in [1.807, 2.05) is 19.2 Å². The molecule has 0 aliphatic carbocycles. The first-order valence-corrected chi connectivity index (χ1v) is 7.33. The first-order chi connectivity index (χ1) is 9.00. The van der Waals surface area contributed by atoms with Gasteiger partial charge in [0.2, 0.25) is 0 Å². The third-order valence-corrected chi connectivity index (χ3v) is 4.63. The average molecular weight is 294 g/mol. The summed E-state index contributed by atoms with van der Waals surface area (Å²) in [5, 5.41) is 2.58. The van der Waals surface area contributed by atoms with E-state index in [4.69, 9.17) is 11.6 Å². The molecular weight excluding hydrogens is 278 g/mol. The zero-order chi connectivity index (χ0) is 14.0. The van der Waals surface area contributed by atoms with E-state index in [0.29, 0.717) is 10.6 Å². The summed E-state index contributed by atoms with van der Waals surface area (Å²) < 4.78 is 0. The number of hydrogen-bond acceptors (Lipinski definition) is 3. The fourth-order valence-corrected chi connectivity index (χ4v) is 3.09. The molecule has 100 valence electrons. The van der Waals surface area contributed by atoms with Gasteiger partial charge in [-0.25, -0.2) is 0 Å². The van der Waals surface area contributed by atoms with E-state index in [2.05, 4.69) is 29.3 Å². The molecule has 1 heterocycles. The van der Waals surface area contributed by atoms with E-state index < -0.39 is 0 Å². The number of carbonyl (C=O) groups is 1. The van der Waals surface area contributed by atoms with Gasteiger partial charge in [-0.3, -0.25) is 4.79 Å². The van der Waals surface area contributed by atoms with Crippen LogP contribution in [0.5, 0.6) is 0 Å². The van der Waals surface area contributed by atoms with Crippen molar-refractivity contribution in [3.63, 3.8) is 0 Å². The second-order valence-corrected chi connectivity index (χ2v) is 5.91. The van der Waals surface area contributed by atoms with Crippen LogP contribution >= 0.6 is 22.9 Å². The number of rotatable bonds is 4. The molecule has 1 aromatic heterocycles. The minimum Gasteiger partial charge on any atom is -0.367 e. The quantitative estimate of drug-likeness (QED) is 0.755. The Morgan fingerprint density at radius 3 is 2.63 bits per heavy atom. The van der Waals surface area contributed by atoms with Crippen LogP contribution in [-0.2, 0) is 0 Å². The largest absolute Gasteiger partial charge is 0.367 e. The van der Waals surface area contributed by atoms with Crippen LogP contribution < -0.4 is 4.90 Å². The van der Waals surface area contributed by atoms with Gasteiger partial charge in [0.05, 0.1) is 11.1 Å². The van der Waals surface area contributed by atoms with Gasteiger partial charge in [-0.15, -0.1) is 11.3 Å². The molecule has 0 aliphatic heterocycles. The van der Waals surface area contributed by atoms with Crippen LogP contribution in [0.1, 0.15) is 35.1 Å². The monoisotopic (exact) mass is 293 g/mol. The summed E-state index contributed by atoms with van der Waals surface area (Å²) in [6.07, 6.45) is 0. The van der Waals surface area contributed by atoms with E-state index in [1.54, 1.807) is 17.4 Å². The predicted octanol–water partition coefficient (Wildman–Crippen LogP) is 4.80. The first-order valence-electron chi connectivity index (χ1n) is 6.07. The maximum Gasteiger partial charge on any atom is 0.161 e. The van der Waals surface area contributed by atoms with Gasteiger partial charge in [-0.1, -0.05) is 17.7 Å². The van der Waals surface area contributed by atoms with Crippen molar-refractivity contribution in [1.82, 2.24) is 0 Å². The van der Waals surface area contributed by atoms with Crippen LogP contribution in [0.15, 0.2) is 35.7 Å². The molecule has 4 heteroatoms. The van der Waals surface area contributed by atoms with Gasteiger partial charge < -0.3 is 4.90 Å². The molecule has 0 amide bonds. The van der Waals surface area contributed by atoms with E-state index in [9.17, 15) is 4.79 Å². The molecule has 0 radical (unpaired) electrons. The molecule has 0 saturated carbocycles. The van der Waals surface area contributed by atoms with Crippen LogP contribution in [0.4, 0.5) is 5.69 Å². The smallest absolute Gasteiger partial charge is 0.161 e. The molecule has 1 unspecified atom stereocenters. The highest BCUT2D eigenvalue weighted by Gasteiger charge is 2.15. The number of ketones is 1. The minimum atomic E-state index is -0.00879. The number of thiophene rings is 1. The Kier molecular flexibility index (Phi) is 4.27. The highest BCUT2D eigenvalue weighted by Crippen LogP contribution is 2.30. The van der Waals surface area contributed by atoms with Crippen molar-refractivity contribution in [2.45, 2.75) is 19.9 Å². The summed E-state index contributed by atoms with van der Waals surface area (Å²) in [4.78, 5) is 14.8. The molecule has 0 fully saturated rings. The lowest BCUT2D eigenvalue weighted by Crippen LogP contribution is -2.20. The third kappa shape index (κ3) is 2.99. The number of Topliss-reactive ketones (excluding diaryl/α,β-unsaturated/α-hetero) is 1. The van der Waals surface area contributed by atoms with Gasteiger partial charge in [0.15, 0.2) is 5.78 Å². The van der Waals surface area contributed by atoms with Crippen LogP contribution in [0.3, 0.4) is 0 Å². The molecule has 2 nitrogen and oxygen atoms in total. The van der Waals surface area contributed by atoms with Crippen molar-refractivity contribution in [2.24, 2.45) is 0 Å². The standard InChI is InChI=1S/C15H16ClNOS/c1-10(15-5-4-8-19-15)17(3)12-6-7-13(11(2)18)14(16)9-12/h4-10H,1-3H3. The van der Waals surface area contributed by atoms with Crippen LogP contribution in [-0.4, -0.2) is 12.8 Å². The number of halogens is 1. The molecule has 0 spiro atoms. The number of hydrogen-bond donors (Lipinski definition) is 0. The third-order valence-electron chi connectivity index (χ3n) is 3.28. The highest BCUT2D eigenvalue weighted by molar-refractivity contribution is 7.10. The lowest BCUT2D eigenvalue weighted by molar-refractivity contribution is 0.101. The van der Waals surface area contributed by atoms with Crippen LogP contribution in [0.25, 0.3) is 0 Å². The number of carbonyl (C=O) groups excluding carboxylic acids is 1. The van der Waals surface area contributed by atoms with E-state index in [1.165, 1.54) is 11.8 Å². The SMILES string of the molecule is CC(=O)c1ccc(N(C)C(C)c2cccs2)cc1Cl. The average Bonchev–Trinajstić information content (AvgIpc) is 2.90. The van der Waals surface area contributed by atoms with Gasteiger partial charge >= 0.3 is 0 Å². The number of benzene rings is 1. The summed E-state index contributed by atoms with van der Waals surface area (Å²) in [6, 6.07) is 10.0. The molecule has 0 saturated heterocycles. The van der Waals surface area contributed by atoms with E-state index in [0.717, 1.165) is 5.69 Å². The molecule has 1 atom stereocenters. The Balaban J connectivity index is 2.27. The lowest BCUT2D eigenvalue weighted by atomic mass is 10.1. The Morgan fingerprint density at radius 1 is 1.37 bits per heavy atom. The van der Waals surface area contributed by atoms with Crippen molar-refractivity contribution in [2.75, 3.05) is 11.9 Å². The molecule has 19 heavy (non-hydrogen) atoms. The van der Waals surface area contributed by atoms with Crippen molar-refractivity contribution in [1.29, 1.82) is 0 Å². The molecule has 2 aromatic rings. The zero-order valence-electron chi connectivity index (χ0n) is 11.2. The summed E-state index contributed by atoms with van der Waals surface area (Å²) in [5.74, 6) is -0.00879. The number of nitrogens with zero attached hydrogens (tertiary/aromatic N) is 1. The Labute approximate surface area is 122 Å². The second kappa shape index (κ2) is 5.76. The molecular formula is C15H16ClNOS. The highest BCUT2D eigenvalue weighted by atomic mass is 35.5. The maximum atomic E-state index is 11.4. The predicted molar refractivity (Wildman–Crippen MR) is 82.6 cm³/mol. The summed E-state index contributed by atoms with van der Waals surface area (Å²) >= 11 is 7.89. The zero-order valence-corrected chi connectivity index (χ0v) is 12.8. The van der Waals surface area contributed by atoms with Gasteiger partial charge in [-0.05, 0) is 43.5 Å². The number of anilines is 1. The van der Waals surface area contributed by atoms with Crippen LogP contribution in [0.2, 0.25) is 5.02 Å². The maximum absolute atomic E-state index is 11.4. The summed E-state index contributed by atoms with van der Waals surface area (Å²) in [5.41, 5.74) is 1.58. The van der Waals surface area contributed by atoms with E-state index >= 15 is 0 Å². The molecule has 1 aromatic carbocycles. The Hall–Kier alpha value is -1.32. The van der Waals surface area contributed by atoms with E-state index in [-0.39, 0.29) is 11.8 Å². The Bertz CT molecular complexity index is 580. The fraction of sp³-hybridized carbons (Fsp3) is 0.267. The van der Waals surface area contributed by atoms with Crippen LogP contribution in [0, 0.1) is 0 Å². The Morgan fingerprint density at radius 2 is 2.11 bits per heavy atom. The van der Waals surface area contributed by atoms with Crippen molar-refractivity contribution < 1.29 is 4.79 Å². The normalized spacial score (nSPS) is 12.2. The van der Waals surface area contributed by atoms with Crippen molar-refractivity contribution in [3.8, 4) is 0 Å². The van der Waals surface area contributed by atoms with Crippen molar-refractivity contribution in [3.05, 3.63) is 51.2 Å².